The van der Waals surface area contributed by atoms with E-state index in [-0.39, 0.29) is 0 Å². The van der Waals surface area contributed by atoms with E-state index in [1.807, 2.05) is 20.9 Å². The molecule has 0 aromatic carbocycles. The lowest BCUT2D eigenvalue weighted by Gasteiger charge is -1.92. The molecular weight excluding hydrogens is 150 g/mol. The van der Waals surface area contributed by atoms with Crippen molar-refractivity contribution in [2.75, 3.05) is 27.3 Å². The zero-order valence-electron chi connectivity index (χ0n) is 9.74. The van der Waals surface area contributed by atoms with Crippen LogP contribution in [0, 0.1) is 0 Å². The van der Waals surface area contributed by atoms with Gasteiger partial charge in [0.2, 0.25) is 0 Å². The van der Waals surface area contributed by atoms with Crippen LogP contribution in [0.1, 0.15) is 40.5 Å². The Morgan fingerprint density at radius 2 is 1.50 bits per heavy atom. The summed E-state index contributed by atoms with van der Waals surface area (Å²) in [7, 11) is 3.59. The van der Waals surface area contributed by atoms with Crippen LogP contribution >= 0.6 is 0 Å². The van der Waals surface area contributed by atoms with Crippen LogP contribution in [0.25, 0.3) is 0 Å². The van der Waals surface area contributed by atoms with Gasteiger partial charge in [-0.25, -0.2) is 0 Å². The van der Waals surface area contributed by atoms with E-state index in [9.17, 15) is 0 Å². The van der Waals surface area contributed by atoms with E-state index in [4.69, 9.17) is 4.74 Å². The molecule has 0 rings (SSSR count). The number of hydrogen-bond acceptors (Lipinski definition) is 2. The highest BCUT2D eigenvalue weighted by Crippen LogP contribution is 1.76. The van der Waals surface area contributed by atoms with E-state index >= 15 is 0 Å². The number of methoxy groups -OCH3 is 1. The van der Waals surface area contributed by atoms with Crippen molar-refractivity contribution < 1.29 is 4.74 Å². The Kier molecular flexibility index (Phi) is 45.6. The van der Waals surface area contributed by atoms with Crippen LogP contribution in [0.2, 0.25) is 0 Å². The summed E-state index contributed by atoms with van der Waals surface area (Å²) in [4.78, 5) is 0. The van der Waals surface area contributed by atoms with E-state index in [0.717, 1.165) is 13.2 Å². The summed E-state index contributed by atoms with van der Waals surface area (Å²) in [5.41, 5.74) is 0. The van der Waals surface area contributed by atoms with Crippen LogP contribution in [0.5, 0.6) is 0 Å². The van der Waals surface area contributed by atoms with Crippen LogP contribution in [0.15, 0.2) is 0 Å². The number of nitrogens with one attached hydrogen (secondary N) is 1. The highest BCUT2D eigenvalue weighted by Gasteiger charge is 1.72. The fraction of sp³-hybridized carbons (Fsp3) is 1.00. The SMILES string of the molecule is CC.CCCC.CNCCOC. The number of hydrogen-bond donors (Lipinski definition) is 1. The summed E-state index contributed by atoms with van der Waals surface area (Å²) in [6, 6.07) is 0. The summed E-state index contributed by atoms with van der Waals surface area (Å²) in [5, 5.41) is 2.94. The van der Waals surface area contributed by atoms with E-state index in [2.05, 4.69) is 19.2 Å². The normalized spacial score (nSPS) is 7.50. The van der Waals surface area contributed by atoms with Gasteiger partial charge in [0.25, 0.3) is 0 Å². The first-order chi connectivity index (χ1) is 5.83. The Morgan fingerprint density at radius 1 is 1.08 bits per heavy atom. The number of ether oxygens (including phenoxy) is 1. The Bertz CT molecular complexity index is 34.8. The summed E-state index contributed by atoms with van der Waals surface area (Å²) in [6.07, 6.45) is 2.64. The molecule has 2 heteroatoms. The lowest BCUT2D eigenvalue weighted by Crippen LogP contribution is -2.12. The number of unbranched alkanes of at least 4 members (excludes halogenated alkanes) is 1. The van der Waals surface area contributed by atoms with Crippen LogP contribution in [-0.4, -0.2) is 27.3 Å². The average molecular weight is 177 g/mol. The van der Waals surface area contributed by atoms with E-state index in [0.29, 0.717) is 0 Å². The Labute approximate surface area is 78.7 Å². The molecule has 0 radical (unpaired) electrons. The molecule has 1 N–H and O–H groups in total. The molecule has 0 aliphatic heterocycles. The molecule has 12 heavy (non-hydrogen) atoms. The minimum absolute atomic E-state index is 0.802. The Balaban J connectivity index is -0.000000118. The van der Waals surface area contributed by atoms with Gasteiger partial charge in [0.05, 0.1) is 6.61 Å². The van der Waals surface area contributed by atoms with Gasteiger partial charge in [-0.3, -0.25) is 0 Å². The van der Waals surface area contributed by atoms with E-state index in [1.165, 1.54) is 12.8 Å². The van der Waals surface area contributed by atoms with Crippen molar-refractivity contribution in [1.82, 2.24) is 5.32 Å². The van der Waals surface area contributed by atoms with Crippen molar-refractivity contribution in [3.05, 3.63) is 0 Å². The lowest BCUT2D eigenvalue weighted by molar-refractivity contribution is 0.201. The zero-order chi connectivity index (χ0) is 10.2. The molecule has 0 saturated heterocycles. The largest absolute Gasteiger partial charge is 0.383 e. The van der Waals surface area contributed by atoms with Crippen molar-refractivity contribution in [2.24, 2.45) is 0 Å². The van der Waals surface area contributed by atoms with Crippen LogP contribution in [-0.2, 0) is 4.74 Å². The summed E-state index contributed by atoms with van der Waals surface area (Å²) >= 11 is 0. The third-order valence-electron chi connectivity index (χ3n) is 1.06. The number of likely N-dealkylation sites (N-methyl/N-ethyl adjacent to an activating group) is 1. The molecule has 0 saturated carbocycles. The predicted octanol–water partition coefficient (Wildman–Crippen LogP) is 2.68. The highest BCUT2D eigenvalue weighted by atomic mass is 16.5. The molecule has 2 nitrogen and oxygen atoms in total. The topological polar surface area (TPSA) is 21.3 Å². The van der Waals surface area contributed by atoms with Gasteiger partial charge in [-0.2, -0.15) is 0 Å². The molecule has 0 aromatic heterocycles. The van der Waals surface area contributed by atoms with Gasteiger partial charge in [0.1, 0.15) is 0 Å². The molecule has 0 bridgehead atoms. The van der Waals surface area contributed by atoms with Crippen LogP contribution < -0.4 is 5.32 Å². The van der Waals surface area contributed by atoms with Crippen molar-refractivity contribution >= 4 is 0 Å². The number of rotatable bonds is 4. The van der Waals surface area contributed by atoms with Gasteiger partial charge in [0.15, 0.2) is 0 Å². The summed E-state index contributed by atoms with van der Waals surface area (Å²) in [6.45, 7) is 10.1. The first kappa shape index (κ1) is 17.9. The Hall–Kier alpha value is -0.0800. The smallest absolute Gasteiger partial charge is 0.0587 e. The fourth-order valence-corrected chi connectivity index (χ4v) is 0.204. The van der Waals surface area contributed by atoms with Gasteiger partial charge in [-0.1, -0.05) is 40.5 Å². The standard InChI is InChI=1S/C4H11NO.C4H10.C2H6/c1-5-3-4-6-2;1-3-4-2;1-2/h5H,3-4H2,1-2H3;3-4H2,1-2H3;1-2H3. The molecule has 0 atom stereocenters. The highest BCUT2D eigenvalue weighted by molar-refractivity contribution is 4.30. The van der Waals surface area contributed by atoms with Crippen molar-refractivity contribution in [2.45, 2.75) is 40.5 Å². The molecule has 0 spiro atoms. The van der Waals surface area contributed by atoms with E-state index in [1.54, 1.807) is 7.11 Å². The molecular formula is C10H27NO. The van der Waals surface area contributed by atoms with Gasteiger partial charge >= 0.3 is 0 Å². The molecule has 78 valence electrons. The third-order valence-corrected chi connectivity index (χ3v) is 1.06. The summed E-state index contributed by atoms with van der Waals surface area (Å²) < 4.78 is 4.72. The monoisotopic (exact) mass is 177 g/mol. The molecule has 0 aliphatic rings. The zero-order valence-corrected chi connectivity index (χ0v) is 9.74. The van der Waals surface area contributed by atoms with Crippen molar-refractivity contribution in [3.8, 4) is 0 Å². The van der Waals surface area contributed by atoms with Crippen LogP contribution in [0.4, 0.5) is 0 Å². The maximum absolute atomic E-state index is 4.72. The fourth-order valence-electron chi connectivity index (χ4n) is 0.204. The minimum Gasteiger partial charge on any atom is -0.383 e. The Morgan fingerprint density at radius 3 is 1.58 bits per heavy atom. The van der Waals surface area contributed by atoms with Gasteiger partial charge in [-0.05, 0) is 7.05 Å². The molecule has 0 aliphatic carbocycles. The minimum atomic E-state index is 0.802. The predicted molar refractivity (Wildman–Crippen MR) is 57.7 cm³/mol. The van der Waals surface area contributed by atoms with Crippen molar-refractivity contribution in [1.29, 1.82) is 0 Å². The van der Waals surface area contributed by atoms with Gasteiger partial charge < -0.3 is 10.1 Å². The maximum Gasteiger partial charge on any atom is 0.0587 e. The first-order valence-electron chi connectivity index (χ1n) is 4.96. The average Bonchev–Trinajstić information content (AvgIpc) is 2.18. The third kappa shape index (κ3) is 51.4. The second-order valence-electron chi connectivity index (χ2n) is 2.10. The van der Waals surface area contributed by atoms with E-state index < -0.39 is 0 Å². The quantitative estimate of drug-likeness (QED) is 0.667. The molecule has 0 amide bonds. The lowest BCUT2D eigenvalue weighted by atomic mass is 10.4. The molecule has 0 aromatic rings. The van der Waals surface area contributed by atoms with Gasteiger partial charge in [-0.15, -0.1) is 0 Å². The van der Waals surface area contributed by atoms with Crippen molar-refractivity contribution in [3.63, 3.8) is 0 Å². The molecule has 0 unspecified atom stereocenters. The van der Waals surface area contributed by atoms with Gasteiger partial charge in [0, 0.05) is 13.7 Å². The molecule has 0 fully saturated rings. The second-order valence-corrected chi connectivity index (χ2v) is 2.10. The second kappa shape index (κ2) is 30.7. The maximum atomic E-state index is 4.72. The van der Waals surface area contributed by atoms with Crippen LogP contribution in [0.3, 0.4) is 0 Å². The summed E-state index contributed by atoms with van der Waals surface area (Å²) in [5.74, 6) is 0. The first-order valence-corrected chi connectivity index (χ1v) is 4.96. The molecule has 0 heterocycles.